The van der Waals surface area contributed by atoms with Gasteiger partial charge in [-0.25, -0.2) is 0 Å². The Bertz CT molecular complexity index is 424. The van der Waals surface area contributed by atoms with Gasteiger partial charge in [0.15, 0.2) is 0 Å². The van der Waals surface area contributed by atoms with E-state index >= 15 is 0 Å². The van der Waals surface area contributed by atoms with Crippen LogP contribution in [0, 0.1) is 5.41 Å². The van der Waals surface area contributed by atoms with Gasteiger partial charge in [0.25, 0.3) is 0 Å². The van der Waals surface area contributed by atoms with Gasteiger partial charge in [0, 0.05) is 13.7 Å². The van der Waals surface area contributed by atoms with Crippen molar-refractivity contribution in [1.29, 1.82) is 0 Å². The molecule has 172 valence electrons. The van der Waals surface area contributed by atoms with Crippen LogP contribution in [0.25, 0.3) is 0 Å². The first-order chi connectivity index (χ1) is 14.0. The summed E-state index contributed by atoms with van der Waals surface area (Å²) in [4.78, 5) is 0. The molecule has 0 heterocycles. The first-order valence-electron chi connectivity index (χ1n) is 12.9. The van der Waals surface area contributed by atoms with Gasteiger partial charge in [0.1, 0.15) is 0 Å². The fourth-order valence-electron chi connectivity index (χ4n) is 5.04. The third-order valence-corrected chi connectivity index (χ3v) is 6.94. The maximum absolute atomic E-state index is 10.5. The zero-order valence-electron chi connectivity index (χ0n) is 20.4. The monoisotopic (exact) mass is 408 g/mol. The third kappa shape index (κ3) is 11.6. The molecule has 0 aromatic heterocycles. The van der Waals surface area contributed by atoms with E-state index in [-0.39, 0.29) is 6.10 Å². The molecule has 0 radical (unpaired) electrons. The van der Waals surface area contributed by atoms with Gasteiger partial charge in [0.2, 0.25) is 0 Å². The van der Waals surface area contributed by atoms with Crippen molar-refractivity contribution in [2.75, 3.05) is 13.7 Å². The molecule has 0 aromatic carbocycles. The van der Waals surface area contributed by atoms with E-state index in [1.165, 1.54) is 95.5 Å². The van der Waals surface area contributed by atoms with Crippen molar-refractivity contribution < 1.29 is 9.84 Å². The van der Waals surface area contributed by atoms with Crippen LogP contribution >= 0.6 is 0 Å². The number of aliphatic hydroxyl groups excluding tert-OH is 1. The van der Waals surface area contributed by atoms with E-state index < -0.39 is 0 Å². The summed E-state index contributed by atoms with van der Waals surface area (Å²) in [7, 11) is 1.80. The van der Waals surface area contributed by atoms with E-state index in [4.69, 9.17) is 4.74 Å². The molecule has 0 aliphatic heterocycles. The molecule has 1 atom stereocenters. The molecular formula is C27H52O2. The Kier molecular flexibility index (Phi) is 15.1. The predicted octanol–water partition coefficient (Wildman–Crippen LogP) is 8.37. The van der Waals surface area contributed by atoms with Crippen LogP contribution in [0.3, 0.4) is 0 Å². The molecule has 1 unspecified atom stereocenters. The number of hydrogen-bond donors (Lipinski definition) is 1. The summed E-state index contributed by atoms with van der Waals surface area (Å²) in [6, 6.07) is 0. The molecule has 0 fully saturated rings. The van der Waals surface area contributed by atoms with Crippen LogP contribution in [0.1, 0.15) is 136 Å². The molecule has 0 saturated carbocycles. The minimum absolute atomic E-state index is 0.164. The first-order valence-corrected chi connectivity index (χ1v) is 12.9. The van der Waals surface area contributed by atoms with Gasteiger partial charge in [0.05, 0.1) is 6.10 Å². The summed E-state index contributed by atoms with van der Waals surface area (Å²) in [6.45, 7) is 7.95. The van der Waals surface area contributed by atoms with E-state index in [1.807, 2.05) is 0 Å². The molecule has 0 bridgehead atoms. The minimum Gasteiger partial charge on any atom is -0.389 e. The minimum atomic E-state index is -0.164. The van der Waals surface area contributed by atoms with E-state index in [0.29, 0.717) is 5.41 Å². The second-order valence-corrected chi connectivity index (χ2v) is 10.0. The molecule has 29 heavy (non-hydrogen) atoms. The molecule has 1 aliphatic carbocycles. The Morgan fingerprint density at radius 1 is 0.793 bits per heavy atom. The number of hydrogen-bond acceptors (Lipinski definition) is 2. The van der Waals surface area contributed by atoms with Crippen LogP contribution in [0.15, 0.2) is 11.1 Å². The fraction of sp³-hybridized carbons (Fsp3) is 0.926. The molecule has 0 saturated heterocycles. The van der Waals surface area contributed by atoms with Crippen LogP contribution in [0.2, 0.25) is 0 Å². The highest BCUT2D eigenvalue weighted by Gasteiger charge is 2.32. The van der Waals surface area contributed by atoms with Gasteiger partial charge in [-0.3, -0.25) is 0 Å². The van der Waals surface area contributed by atoms with Crippen molar-refractivity contribution in [3.8, 4) is 0 Å². The quantitative estimate of drug-likeness (QED) is 0.182. The highest BCUT2D eigenvalue weighted by molar-refractivity contribution is 5.27. The van der Waals surface area contributed by atoms with E-state index in [2.05, 4.69) is 20.8 Å². The lowest BCUT2D eigenvalue weighted by Gasteiger charge is -2.38. The molecule has 0 aromatic rings. The van der Waals surface area contributed by atoms with Crippen LogP contribution in [0.5, 0.6) is 0 Å². The fourth-order valence-corrected chi connectivity index (χ4v) is 5.04. The van der Waals surface area contributed by atoms with Gasteiger partial charge in [-0.15, -0.1) is 0 Å². The maximum Gasteiger partial charge on any atom is 0.0753 e. The highest BCUT2D eigenvalue weighted by Crippen LogP contribution is 2.44. The first kappa shape index (κ1) is 26.7. The Morgan fingerprint density at radius 2 is 1.28 bits per heavy atom. The van der Waals surface area contributed by atoms with Crippen molar-refractivity contribution >= 4 is 0 Å². The van der Waals surface area contributed by atoms with E-state index in [1.54, 1.807) is 12.7 Å². The number of allylic oxidation sites excluding steroid dienone is 1. The Hall–Kier alpha value is -0.340. The zero-order chi connectivity index (χ0) is 21.4. The highest BCUT2D eigenvalue weighted by atomic mass is 16.5. The lowest BCUT2D eigenvalue weighted by Crippen LogP contribution is -2.29. The number of ether oxygens (including phenoxy) is 1. The smallest absolute Gasteiger partial charge is 0.0753 e. The predicted molar refractivity (Wildman–Crippen MR) is 127 cm³/mol. The van der Waals surface area contributed by atoms with Crippen LogP contribution in [-0.2, 0) is 4.74 Å². The lowest BCUT2D eigenvalue weighted by molar-refractivity contribution is 0.153. The molecule has 2 nitrogen and oxygen atoms in total. The molecular weight excluding hydrogens is 356 g/mol. The van der Waals surface area contributed by atoms with E-state index in [0.717, 1.165) is 32.3 Å². The molecule has 1 N–H and O–H groups in total. The maximum atomic E-state index is 10.5. The standard InChI is InChI=1S/C27H52O2/c1-5-19-24-25(27(2,3)22-21-26(24)28)20-17-15-13-11-9-7-6-8-10-12-14-16-18-23-29-4/h26,28H,5-23H2,1-4H3. The molecule has 0 spiro atoms. The number of unbranched alkanes of at least 4 members (excludes halogenated alkanes) is 12. The second kappa shape index (κ2) is 16.4. The van der Waals surface area contributed by atoms with Crippen LogP contribution in [-0.4, -0.2) is 24.9 Å². The van der Waals surface area contributed by atoms with Crippen molar-refractivity contribution in [2.45, 2.75) is 142 Å². The van der Waals surface area contributed by atoms with Gasteiger partial charge >= 0.3 is 0 Å². The van der Waals surface area contributed by atoms with Gasteiger partial charge in [-0.05, 0) is 49.5 Å². The van der Waals surface area contributed by atoms with Gasteiger partial charge in [-0.2, -0.15) is 0 Å². The average molecular weight is 409 g/mol. The normalized spacial score (nSPS) is 19.1. The third-order valence-electron chi connectivity index (χ3n) is 6.94. The van der Waals surface area contributed by atoms with Gasteiger partial charge in [-0.1, -0.05) is 103 Å². The summed E-state index contributed by atoms with van der Waals surface area (Å²) < 4.78 is 5.10. The Morgan fingerprint density at radius 3 is 1.76 bits per heavy atom. The van der Waals surface area contributed by atoms with Crippen molar-refractivity contribution in [3.63, 3.8) is 0 Å². The molecule has 2 heteroatoms. The largest absolute Gasteiger partial charge is 0.389 e. The zero-order valence-corrected chi connectivity index (χ0v) is 20.4. The topological polar surface area (TPSA) is 29.5 Å². The van der Waals surface area contributed by atoms with Gasteiger partial charge < -0.3 is 9.84 Å². The summed E-state index contributed by atoms with van der Waals surface area (Å²) >= 11 is 0. The summed E-state index contributed by atoms with van der Waals surface area (Å²) in [5, 5.41) is 10.5. The summed E-state index contributed by atoms with van der Waals surface area (Å²) in [6.07, 6.45) is 23.3. The van der Waals surface area contributed by atoms with Crippen LogP contribution in [0.4, 0.5) is 0 Å². The number of rotatable bonds is 18. The van der Waals surface area contributed by atoms with Crippen molar-refractivity contribution in [1.82, 2.24) is 0 Å². The Balaban J connectivity index is 2.04. The number of aliphatic hydroxyl groups is 1. The average Bonchev–Trinajstić information content (AvgIpc) is 2.69. The number of methoxy groups -OCH3 is 1. The van der Waals surface area contributed by atoms with E-state index in [9.17, 15) is 5.11 Å². The summed E-state index contributed by atoms with van der Waals surface area (Å²) in [5.74, 6) is 0. The molecule has 0 amide bonds. The molecule has 1 aliphatic rings. The molecule has 1 rings (SSSR count). The van der Waals surface area contributed by atoms with Crippen molar-refractivity contribution in [3.05, 3.63) is 11.1 Å². The SMILES string of the molecule is CCCC1=C(CCCCCCCCCCCCCCCOC)C(C)(C)CCC1O. The summed E-state index contributed by atoms with van der Waals surface area (Å²) in [5.41, 5.74) is 3.29. The Labute approximate surface area is 182 Å². The second-order valence-electron chi connectivity index (χ2n) is 10.0. The van der Waals surface area contributed by atoms with Crippen molar-refractivity contribution in [2.24, 2.45) is 5.41 Å². The van der Waals surface area contributed by atoms with Crippen LogP contribution < -0.4 is 0 Å². The lowest BCUT2D eigenvalue weighted by atomic mass is 9.69.